The number of aliphatic carboxylic acids is 1. The first-order valence-corrected chi connectivity index (χ1v) is 13.5. The maximum absolute atomic E-state index is 13.6. The minimum Gasteiger partial charge on any atom is -0.481 e. The van der Waals surface area contributed by atoms with E-state index in [0.717, 1.165) is 19.1 Å². The third kappa shape index (κ3) is 6.66. The lowest BCUT2D eigenvalue weighted by Crippen LogP contribution is -2.16. The smallest absolute Gasteiger partial charge is 0.306 e. The number of nitrogens with zero attached hydrogens (tertiary/aromatic N) is 1. The van der Waals surface area contributed by atoms with Crippen molar-refractivity contribution in [3.05, 3.63) is 66.0 Å². The molecular weight excluding hydrogens is 469 g/mol. The van der Waals surface area contributed by atoms with E-state index in [9.17, 15) is 22.7 Å². The topological polar surface area (TPSA) is 93.6 Å². The van der Waals surface area contributed by atoms with Gasteiger partial charge in [0.25, 0.3) is 0 Å². The fourth-order valence-electron chi connectivity index (χ4n) is 3.72. The first-order chi connectivity index (χ1) is 16.6. The van der Waals surface area contributed by atoms with Gasteiger partial charge < -0.3 is 9.84 Å². The highest BCUT2D eigenvalue weighted by atomic mass is 32.2. The quantitative estimate of drug-likeness (QED) is 0.336. The Morgan fingerprint density at radius 3 is 2.23 bits per heavy atom. The Bertz CT molecular complexity index is 1270. The Morgan fingerprint density at radius 1 is 1.06 bits per heavy atom. The van der Waals surface area contributed by atoms with Gasteiger partial charge in [0.15, 0.2) is 9.84 Å². The van der Waals surface area contributed by atoms with Crippen molar-refractivity contribution in [2.24, 2.45) is 5.92 Å². The standard InChI is InChI=1S/C27H30FNO5S/c1-4-6-15-34-26-21(16-18(5-2)27(30)31)17-24(19-9-13-23(14-10-19)35(3,32)33)25(29-26)20-7-11-22(28)12-8-20/h7-14,17-18H,4-6,15-16H2,1-3H3,(H,30,31). The predicted molar refractivity (Wildman–Crippen MR) is 134 cm³/mol. The van der Waals surface area contributed by atoms with Gasteiger partial charge in [-0.2, -0.15) is 0 Å². The zero-order valence-electron chi connectivity index (χ0n) is 20.1. The second-order valence-corrected chi connectivity index (χ2v) is 10.5. The monoisotopic (exact) mass is 499 g/mol. The maximum Gasteiger partial charge on any atom is 0.306 e. The van der Waals surface area contributed by atoms with E-state index in [0.29, 0.717) is 46.9 Å². The van der Waals surface area contributed by atoms with Crippen LogP contribution < -0.4 is 4.74 Å². The number of unbranched alkanes of at least 4 members (excludes halogenated alkanes) is 1. The summed E-state index contributed by atoms with van der Waals surface area (Å²) in [4.78, 5) is 16.7. The Kier molecular flexibility index (Phi) is 8.62. The number of carboxylic acid groups (broad SMARTS) is 1. The molecule has 0 saturated heterocycles. The van der Waals surface area contributed by atoms with Crippen molar-refractivity contribution in [2.45, 2.75) is 44.4 Å². The minimum absolute atomic E-state index is 0.189. The molecule has 6 nitrogen and oxygen atoms in total. The Hall–Kier alpha value is -3.26. The fourth-order valence-corrected chi connectivity index (χ4v) is 4.35. The van der Waals surface area contributed by atoms with Crippen LogP contribution in [0, 0.1) is 11.7 Å². The summed E-state index contributed by atoms with van der Waals surface area (Å²) in [5, 5.41) is 9.64. The first kappa shape index (κ1) is 26.3. The normalized spacial score (nSPS) is 12.3. The number of sulfone groups is 1. The molecule has 0 fully saturated rings. The molecule has 0 bridgehead atoms. The molecule has 0 radical (unpaired) electrons. The average Bonchev–Trinajstić information content (AvgIpc) is 2.83. The number of ether oxygens (including phenoxy) is 1. The van der Waals surface area contributed by atoms with Gasteiger partial charge in [-0.25, -0.2) is 17.8 Å². The summed E-state index contributed by atoms with van der Waals surface area (Å²) in [6, 6.07) is 14.2. The van der Waals surface area contributed by atoms with Gasteiger partial charge in [-0.3, -0.25) is 4.79 Å². The molecule has 0 amide bonds. The number of halogens is 1. The first-order valence-electron chi connectivity index (χ1n) is 11.6. The largest absolute Gasteiger partial charge is 0.481 e. The van der Waals surface area contributed by atoms with Crippen molar-refractivity contribution in [2.75, 3.05) is 12.9 Å². The Labute approximate surface area is 205 Å². The number of benzene rings is 2. The van der Waals surface area contributed by atoms with E-state index in [4.69, 9.17) is 9.72 Å². The SMILES string of the molecule is CCCCOc1nc(-c2ccc(F)cc2)c(-c2ccc(S(C)(=O)=O)cc2)cc1CC(CC)C(=O)O. The number of rotatable bonds is 11. The highest BCUT2D eigenvalue weighted by molar-refractivity contribution is 7.90. The Balaban J connectivity index is 2.21. The minimum atomic E-state index is -3.37. The molecule has 8 heteroatoms. The van der Waals surface area contributed by atoms with Crippen molar-refractivity contribution >= 4 is 15.8 Å². The van der Waals surface area contributed by atoms with Gasteiger partial charge in [0.2, 0.25) is 5.88 Å². The molecule has 0 aliphatic rings. The molecule has 1 atom stereocenters. The van der Waals surface area contributed by atoms with Crippen LogP contribution in [0.15, 0.2) is 59.5 Å². The molecule has 0 saturated carbocycles. The molecule has 186 valence electrons. The van der Waals surface area contributed by atoms with Crippen LogP contribution >= 0.6 is 0 Å². The van der Waals surface area contributed by atoms with Crippen LogP contribution in [0.25, 0.3) is 22.4 Å². The molecule has 0 aliphatic carbocycles. The third-order valence-corrected chi connectivity index (χ3v) is 6.95. The lowest BCUT2D eigenvalue weighted by molar-refractivity contribution is -0.141. The van der Waals surface area contributed by atoms with Crippen LogP contribution in [0.4, 0.5) is 4.39 Å². The molecule has 1 unspecified atom stereocenters. The van der Waals surface area contributed by atoms with E-state index >= 15 is 0 Å². The number of hydrogen-bond donors (Lipinski definition) is 1. The van der Waals surface area contributed by atoms with E-state index in [1.54, 1.807) is 24.3 Å². The predicted octanol–water partition coefficient (Wildman–Crippen LogP) is 5.79. The molecule has 3 aromatic rings. The number of pyridine rings is 1. The molecule has 1 aromatic heterocycles. The molecule has 1 heterocycles. The summed E-state index contributed by atoms with van der Waals surface area (Å²) in [5.41, 5.74) is 3.23. The molecular formula is C27H30FNO5S. The van der Waals surface area contributed by atoms with E-state index in [2.05, 4.69) is 0 Å². The van der Waals surface area contributed by atoms with Gasteiger partial charge in [-0.15, -0.1) is 0 Å². The fraction of sp³-hybridized carbons (Fsp3) is 0.333. The van der Waals surface area contributed by atoms with Crippen LogP contribution in [0.3, 0.4) is 0 Å². The summed E-state index contributed by atoms with van der Waals surface area (Å²) < 4.78 is 43.5. The lowest BCUT2D eigenvalue weighted by atomic mass is 9.93. The summed E-state index contributed by atoms with van der Waals surface area (Å²) in [7, 11) is -3.37. The maximum atomic E-state index is 13.6. The second kappa shape index (κ2) is 11.4. The summed E-state index contributed by atoms with van der Waals surface area (Å²) in [6.07, 6.45) is 3.57. The van der Waals surface area contributed by atoms with Crippen molar-refractivity contribution in [1.82, 2.24) is 4.98 Å². The van der Waals surface area contributed by atoms with Crippen LogP contribution in [0.2, 0.25) is 0 Å². The lowest BCUT2D eigenvalue weighted by Gasteiger charge is -2.18. The van der Waals surface area contributed by atoms with E-state index in [1.807, 2.05) is 19.9 Å². The summed E-state index contributed by atoms with van der Waals surface area (Å²) >= 11 is 0. The molecule has 1 N–H and O–H groups in total. The number of aromatic nitrogens is 1. The molecule has 0 spiro atoms. The second-order valence-electron chi connectivity index (χ2n) is 8.50. The highest BCUT2D eigenvalue weighted by Gasteiger charge is 2.22. The van der Waals surface area contributed by atoms with E-state index in [-0.39, 0.29) is 17.1 Å². The molecule has 3 rings (SSSR count). The van der Waals surface area contributed by atoms with Crippen molar-refractivity contribution in [3.63, 3.8) is 0 Å². The van der Waals surface area contributed by atoms with Crippen molar-refractivity contribution < 1.29 is 27.4 Å². The van der Waals surface area contributed by atoms with E-state index in [1.165, 1.54) is 24.3 Å². The van der Waals surface area contributed by atoms with Gasteiger partial charge in [0.1, 0.15) is 5.82 Å². The summed E-state index contributed by atoms with van der Waals surface area (Å²) in [6.45, 7) is 4.30. The van der Waals surface area contributed by atoms with Gasteiger partial charge in [-0.05, 0) is 67.3 Å². The zero-order chi connectivity index (χ0) is 25.6. The number of carboxylic acids is 1. The van der Waals surface area contributed by atoms with Crippen LogP contribution in [0.5, 0.6) is 5.88 Å². The van der Waals surface area contributed by atoms with Crippen LogP contribution in [0.1, 0.15) is 38.7 Å². The average molecular weight is 500 g/mol. The van der Waals surface area contributed by atoms with Gasteiger partial charge in [-0.1, -0.05) is 32.4 Å². The highest BCUT2D eigenvalue weighted by Crippen LogP contribution is 2.36. The molecule has 2 aromatic carbocycles. The van der Waals surface area contributed by atoms with Crippen molar-refractivity contribution in [1.29, 1.82) is 0 Å². The number of hydrogen-bond acceptors (Lipinski definition) is 5. The Morgan fingerprint density at radius 2 is 1.69 bits per heavy atom. The van der Waals surface area contributed by atoms with Crippen molar-refractivity contribution in [3.8, 4) is 28.3 Å². The van der Waals surface area contributed by atoms with Gasteiger partial charge >= 0.3 is 5.97 Å². The molecule has 35 heavy (non-hydrogen) atoms. The van der Waals surface area contributed by atoms with Gasteiger partial charge in [0, 0.05) is 22.9 Å². The third-order valence-electron chi connectivity index (χ3n) is 5.82. The van der Waals surface area contributed by atoms with Gasteiger partial charge in [0.05, 0.1) is 23.1 Å². The van der Waals surface area contributed by atoms with Crippen LogP contribution in [-0.2, 0) is 21.1 Å². The number of carbonyl (C=O) groups is 1. The van der Waals surface area contributed by atoms with E-state index < -0.39 is 21.7 Å². The summed E-state index contributed by atoms with van der Waals surface area (Å²) in [5.74, 6) is -1.53. The van der Waals surface area contributed by atoms with Crippen LogP contribution in [-0.4, -0.2) is 37.3 Å². The molecule has 0 aliphatic heterocycles. The zero-order valence-corrected chi connectivity index (χ0v) is 20.9.